The maximum absolute atomic E-state index is 12.7. The van der Waals surface area contributed by atoms with Gasteiger partial charge in [-0.1, -0.05) is 56.3 Å². The standard InChI is InChI=1S/C23H24N4O2S/c1-17(2)18-10-12-20(13-11-18)30(28,29)25-15-16-27-22(19-7-4-3-5-8-19)26-21-9-6-14-24-23(21)27/h3-14,17,25H,15-16H2,1-2H3. The van der Waals surface area contributed by atoms with E-state index in [1.807, 2.05) is 59.2 Å². The molecular weight excluding hydrogens is 396 g/mol. The lowest BCUT2D eigenvalue weighted by molar-refractivity contribution is 0.574. The molecule has 1 N–H and O–H groups in total. The molecule has 0 spiro atoms. The fourth-order valence-electron chi connectivity index (χ4n) is 3.38. The van der Waals surface area contributed by atoms with Crippen molar-refractivity contribution < 1.29 is 8.42 Å². The van der Waals surface area contributed by atoms with Gasteiger partial charge in [-0.3, -0.25) is 0 Å². The van der Waals surface area contributed by atoms with Crippen molar-refractivity contribution in [3.05, 3.63) is 78.5 Å². The largest absolute Gasteiger partial charge is 0.307 e. The van der Waals surface area contributed by atoms with Gasteiger partial charge in [-0.2, -0.15) is 0 Å². The molecule has 0 fully saturated rings. The van der Waals surface area contributed by atoms with E-state index in [4.69, 9.17) is 4.98 Å². The summed E-state index contributed by atoms with van der Waals surface area (Å²) in [5.74, 6) is 1.12. The highest BCUT2D eigenvalue weighted by Gasteiger charge is 2.16. The predicted octanol–water partition coefficient (Wildman–Crippen LogP) is 4.20. The highest BCUT2D eigenvalue weighted by Crippen LogP contribution is 2.23. The van der Waals surface area contributed by atoms with Crippen molar-refractivity contribution in [2.75, 3.05) is 6.54 Å². The van der Waals surface area contributed by atoms with Gasteiger partial charge >= 0.3 is 0 Å². The molecule has 0 aliphatic rings. The van der Waals surface area contributed by atoms with Gasteiger partial charge in [-0.15, -0.1) is 0 Å². The van der Waals surface area contributed by atoms with Crippen molar-refractivity contribution in [3.8, 4) is 11.4 Å². The third-order valence-electron chi connectivity index (χ3n) is 5.02. The number of hydrogen-bond donors (Lipinski definition) is 1. The molecule has 30 heavy (non-hydrogen) atoms. The highest BCUT2D eigenvalue weighted by molar-refractivity contribution is 7.89. The summed E-state index contributed by atoms with van der Waals surface area (Å²) in [7, 11) is -3.59. The summed E-state index contributed by atoms with van der Waals surface area (Å²) in [5.41, 5.74) is 3.58. The normalized spacial score (nSPS) is 12.0. The maximum atomic E-state index is 12.7. The summed E-state index contributed by atoms with van der Waals surface area (Å²) in [6.45, 7) is 4.81. The smallest absolute Gasteiger partial charge is 0.240 e. The van der Waals surface area contributed by atoms with Crippen LogP contribution in [-0.4, -0.2) is 29.5 Å². The van der Waals surface area contributed by atoms with Crippen LogP contribution < -0.4 is 4.72 Å². The van der Waals surface area contributed by atoms with Crippen LogP contribution in [0.1, 0.15) is 25.3 Å². The molecule has 6 nitrogen and oxygen atoms in total. The van der Waals surface area contributed by atoms with Crippen molar-refractivity contribution >= 4 is 21.2 Å². The number of fused-ring (bicyclic) bond motifs is 1. The van der Waals surface area contributed by atoms with Gasteiger partial charge in [-0.25, -0.2) is 23.1 Å². The molecule has 0 aliphatic heterocycles. The Morgan fingerprint density at radius 2 is 1.70 bits per heavy atom. The number of pyridine rings is 1. The summed E-state index contributed by atoms with van der Waals surface area (Å²) < 4.78 is 30.1. The van der Waals surface area contributed by atoms with Gasteiger partial charge in [0.25, 0.3) is 0 Å². The molecule has 154 valence electrons. The Morgan fingerprint density at radius 1 is 0.967 bits per heavy atom. The van der Waals surface area contributed by atoms with E-state index < -0.39 is 10.0 Å². The first-order valence-electron chi connectivity index (χ1n) is 9.92. The second kappa shape index (κ2) is 8.38. The van der Waals surface area contributed by atoms with Crippen molar-refractivity contribution in [1.29, 1.82) is 0 Å². The fourth-order valence-corrected chi connectivity index (χ4v) is 4.41. The molecule has 0 saturated carbocycles. The highest BCUT2D eigenvalue weighted by atomic mass is 32.2. The van der Waals surface area contributed by atoms with E-state index >= 15 is 0 Å². The quantitative estimate of drug-likeness (QED) is 0.486. The minimum Gasteiger partial charge on any atom is -0.307 e. The zero-order chi connectivity index (χ0) is 21.1. The third-order valence-corrected chi connectivity index (χ3v) is 6.50. The van der Waals surface area contributed by atoms with Crippen LogP contribution in [0.4, 0.5) is 0 Å². The number of sulfonamides is 1. The van der Waals surface area contributed by atoms with Crippen LogP contribution in [0.2, 0.25) is 0 Å². The Kier molecular flexibility index (Phi) is 5.65. The first-order valence-corrected chi connectivity index (χ1v) is 11.4. The van der Waals surface area contributed by atoms with Crippen LogP contribution in [0.25, 0.3) is 22.6 Å². The topological polar surface area (TPSA) is 76.9 Å². The lowest BCUT2D eigenvalue weighted by atomic mass is 10.0. The molecule has 0 amide bonds. The Balaban J connectivity index is 1.56. The Hall–Kier alpha value is -3.03. The van der Waals surface area contributed by atoms with Gasteiger partial charge in [0.2, 0.25) is 10.0 Å². The Morgan fingerprint density at radius 3 is 2.40 bits per heavy atom. The fraction of sp³-hybridized carbons (Fsp3) is 0.217. The first kappa shape index (κ1) is 20.3. The molecule has 2 aromatic carbocycles. The first-order chi connectivity index (χ1) is 14.5. The zero-order valence-corrected chi connectivity index (χ0v) is 17.8. The SMILES string of the molecule is CC(C)c1ccc(S(=O)(=O)NCCn2c(-c3ccccc3)nc3cccnc32)cc1. The number of aromatic nitrogens is 3. The molecule has 0 bridgehead atoms. The van der Waals surface area contributed by atoms with Crippen molar-refractivity contribution in [2.24, 2.45) is 0 Å². The molecule has 4 rings (SSSR count). The van der Waals surface area contributed by atoms with Gasteiger partial charge < -0.3 is 4.57 Å². The molecule has 7 heteroatoms. The number of rotatable bonds is 7. The molecule has 2 heterocycles. The van der Waals surface area contributed by atoms with Crippen molar-refractivity contribution in [3.63, 3.8) is 0 Å². The number of nitrogens with one attached hydrogen (secondary N) is 1. The van der Waals surface area contributed by atoms with Crippen LogP contribution in [0.15, 0.2) is 77.8 Å². The molecule has 2 aromatic heterocycles. The lowest BCUT2D eigenvalue weighted by Gasteiger charge is -2.11. The number of imidazole rings is 1. The van der Waals surface area contributed by atoms with Gasteiger partial charge in [0.05, 0.1) is 4.90 Å². The minimum atomic E-state index is -3.59. The van der Waals surface area contributed by atoms with E-state index in [2.05, 4.69) is 23.6 Å². The zero-order valence-electron chi connectivity index (χ0n) is 17.0. The second-order valence-electron chi connectivity index (χ2n) is 7.42. The van der Waals surface area contributed by atoms with Crippen LogP contribution >= 0.6 is 0 Å². The molecule has 0 atom stereocenters. The average Bonchev–Trinajstić information content (AvgIpc) is 3.13. The third kappa shape index (κ3) is 4.13. The van der Waals surface area contributed by atoms with E-state index in [9.17, 15) is 8.42 Å². The van der Waals surface area contributed by atoms with Gasteiger partial charge in [0.1, 0.15) is 11.3 Å². The summed E-state index contributed by atoms with van der Waals surface area (Å²) in [6.07, 6.45) is 1.72. The number of benzene rings is 2. The van der Waals surface area contributed by atoms with Crippen LogP contribution in [0, 0.1) is 0 Å². The summed E-state index contributed by atoms with van der Waals surface area (Å²) in [5, 5.41) is 0. The lowest BCUT2D eigenvalue weighted by Crippen LogP contribution is -2.27. The van der Waals surface area contributed by atoms with Gasteiger partial charge in [-0.05, 0) is 35.7 Å². The van der Waals surface area contributed by atoms with Crippen molar-refractivity contribution in [1.82, 2.24) is 19.3 Å². The van der Waals surface area contributed by atoms with Crippen LogP contribution in [0.5, 0.6) is 0 Å². The monoisotopic (exact) mass is 420 g/mol. The van der Waals surface area contributed by atoms with E-state index in [1.165, 1.54) is 0 Å². The summed E-state index contributed by atoms with van der Waals surface area (Å²) >= 11 is 0. The van der Waals surface area contributed by atoms with E-state index in [-0.39, 0.29) is 11.4 Å². The maximum Gasteiger partial charge on any atom is 0.240 e. The van der Waals surface area contributed by atoms with E-state index in [1.54, 1.807) is 18.3 Å². The molecule has 0 saturated heterocycles. The molecular formula is C23H24N4O2S. The number of nitrogens with zero attached hydrogens (tertiary/aromatic N) is 3. The van der Waals surface area contributed by atoms with Gasteiger partial charge in [0.15, 0.2) is 5.65 Å². The van der Waals surface area contributed by atoms with Crippen LogP contribution in [-0.2, 0) is 16.6 Å². The minimum absolute atomic E-state index is 0.232. The van der Waals surface area contributed by atoms with E-state index in [0.29, 0.717) is 12.5 Å². The Bertz CT molecular complexity index is 1250. The second-order valence-corrected chi connectivity index (χ2v) is 9.19. The molecule has 0 unspecified atom stereocenters. The molecule has 0 aliphatic carbocycles. The average molecular weight is 421 g/mol. The Labute approximate surface area is 176 Å². The molecule has 4 aromatic rings. The molecule has 0 radical (unpaired) electrons. The number of hydrogen-bond acceptors (Lipinski definition) is 4. The van der Waals surface area contributed by atoms with Crippen molar-refractivity contribution in [2.45, 2.75) is 31.2 Å². The predicted molar refractivity (Wildman–Crippen MR) is 119 cm³/mol. The summed E-state index contributed by atoms with van der Waals surface area (Å²) in [4.78, 5) is 9.42. The van der Waals surface area contributed by atoms with Crippen LogP contribution in [0.3, 0.4) is 0 Å². The summed E-state index contributed by atoms with van der Waals surface area (Å²) in [6, 6.07) is 20.6. The van der Waals surface area contributed by atoms with Gasteiger partial charge in [0, 0.05) is 24.8 Å². The van der Waals surface area contributed by atoms with E-state index in [0.717, 1.165) is 28.1 Å².